The zero-order chi connectivity index (χ0) is 15.6. The predicted octanol–water partition coefficient (Wildman–Crippen LogP) is 1.22. The van der Waals surface area contributed by atoms with Crippen molar-refractivity contribution in [2.45, 2.75) is 4.90 Å². The quantitative estimate of drug-likeness (QED) is 0.649. The molecule has 8 nitrogen and oxygen atoms in total. The lowest BCUT2D eigenvalue weighted by atomic mass is 10.3. The van der Waals surface area contributed by atoms with Gasteiger partial charge in [0.25, 0.3) is 10.0 Å². The van der Waals surface area contributed by atoms with Gasteiger partial charge in [0.2, 0.25) is 11.4 Å². The van der Waals surface area contributed by atoms with Crippen molar-refractivity contribution in [1.82, 2.24) is 4.98 Å². The summed E-state index contributed by atoms with van der Waals surface area (Å²) < 4.78 is 39.4. The van der Waals surface area contributed by atoms with Crippen molar-refractivity contribution in [1.29, 1.82) is 0 Å². The minimum absolute atomic E-state index is 0.177. The van der Waals surface area contributed by atoms with Crippen LogP contribution in [0.15, 0.2) is 46.2 Å². The van der Waals surface area contributed by atoms with Gasteiger partial charge in [-0.1, -0.05) is 0 Å². The maximum atomic E-state index is 13.4. The summed E-state index contributed by atoms with van der Waals surface area (Å²) in [5.41, 5.74) is -1.42. The molecule has 2 aromatic rings. The Balaban J connectivity index is 2.33. The third-order valence-electron chi connectivity index (χ3n) is 2.46. The Labute approximate surface area is 117 Å². The van der Waals surface area contributed by atoms with Gasteiger partial charge in [-0.3, -0.25) is 19.6 Å². The van der Waals surface area contributed by atoms with Crippen molar-refractivity contribution in [3.05, 3.63) is 62.8 Å². The molecule has 2 N–H and O–H groups in total. The van der Waals surface area contributed by atoms with Crippen molar-refractivity contribution >= 4 is 21.4 Å². The van der Waals surface area contributed by atoms with Gasteiger partial charge in [-0.05, 0) is 12.1 Å². The second-order valence-electron chi connectivity index (χ2n) is 3.92. The molecule has 0 bridgehead atoms. The minimum atomic E-state index is -4.04. The number of nitro benzene ring substituents is 1. The van der Waals surface area contributed by atoms with Crippen molar-refractivity contribution in [2.24, 2.45) is 0 Å². The first kappa shape index (κ1) is 14.7. The van der Waals surface area contributed by atoms with Gasteiger partial charge in [0.15, 0.2) is 0 Å². The second-order valence-corrected chi connectivity index (χ2v) is 5.60. The zero-order valence-electron chi connectivity index (χ0n) is 10.2. The molecule has 0 spiro atoms. The number of halogens is 1. The van der Waals surface area contributed by atoms with E-state index in [4.69, 9.17) is 0 Å². The van der Waals surface area contributed by atoms with Gasteiger partial charge in [-0.25, -0.2) is 8.42 Å². The van der Waals surface area contributed by atoms with Crippen LogP contribution in [0, 0.1) is 15.9 Å². The Hall–Kier alpha value is -2.75. The van der Waals surface area contributed by atoms with Crippen LogP contribution < -0.4 is 10.3 Å². The SMILES string of the molecule is O=c1ccc(S(=O)(=O)Nc2ccc([N+](=O)[O-])c(F)c2)c[nH]1. The van der Waals surface area contributed by atoms with Crippen LogP contribution in [-0.2, 0) is 10.0 Å². The summed E-state index contributed by atoms with van der Waals surface area (Å²) in [5, 5.41) is 10.5. The molecule has 1 aromatic heterocycles. The average Bonchev–Trinajstić information content (AvgIpc) is 2.38. The molecule has 110 valence electrons. The van der Waals surface area contributed by atoms with E-state index in [0.717, 1.165) is 30.5 Å². The van der Waals surface area contributed by atoms with Gasteiger partial charge >= 0.3 is 5.69 Å². The number of nitro groups is 1. The lowest BCUT2D eigenvalue weighted by Gasteiger charge is -2.07. The van der Waals surface area contributed by atoms with Crippen LogP contribution in [-0.4, -0.2) is 18.3 Å². The van der Waals surface area contributed by atoms with E-state index in [-0.39, 0.29) is 10.6 Å². The number of sulfonamides is 1. The molecule has 0 saturated carbocycles. The van der Waals surface area contributed by atoms with E-state index in [2.05, 4.69) is 4.98 Å². The van der Waals surface area contributed by atoms with E-state index >= 15 is 0 Å². The Morgan fingerprint density at radius 2 is 1.95 bits per heavy atom. The molecular formula is C11H8FN3O5S. The van der Waals surface area contributed by atoms with Gasteiger partial charge in [0.05, 0.1) is 10.6 Å². The summed E-state index contributed by atoms with van der Waals surface area (Å²) in [4.78, 5) is 22.4. The molecule has 1 heterocycles. The van der Waals surface area contributed by atoms with E-state index in [0.29, 0.717) is 6.07 Å². The highest BCUT2D eigenvalue weighted by Gasteiger charge is 2.18. The van der Waals surface area contributed by atoms with Crippen molar-refractivity contribution in [3.63, 3.8) is 0 Å². The van der Waals surface area contributed by atoms with Crippen LogP contribution in [0.1, 0.15) is 0 Å². The Kier molecular flexibility index (Phi) is 3.72. The summed E-state index contributed by atoms with van der Waals surface area (Å²) >= 11 is 0. The normalized spacial score (nSPS) is 11.1. The zero-order valence-corrected chi connectivity index (χ0v) is 11.1. The molecule has 21 heavy (non-hydrogen) atoms. The molecule has 2 rings (SSSR count). The Morgan fingerprint density at radius 1 is 1.24 bits per heavy atom. The molecule has 0 atom stereocenters. The molecule has 0 aliphatic heterocycles. The number of pyridine rings is 1. The number of nitrogens with one attached hydrogen (secondary N) is 2. The van der Waals surface area contributed by atoms with E-state index in [1.165, 1.54) is 0 Å². The van der Waals surface area contributed by atoms with Crippen LogP contribution in [0.4, 0.5) is 15.8 Å². The minimum Gasteiger partial charge on any atom is -0.328 e. The fourth-order valence-corrected chi connectivity index (χ4v) is 2.51. The standard InChI is InChI=1S/C11H8FN3O5S/c12-9-5-7(1-3-10(9)15(17)18)14-21(19,20)8-2-4-11(16)13-6-8/h1-6,14H,(H,13,16). The summed E-state index contributed by atoms with van der Waals surface area (Å²) in [6.45, 7) is 0. The maximum absolute atomic E-state index is 13.4. The van der Waals surface area contributed by atoms with Crippen molar-refractivity contribution in [3.8, 4) is 0 Å². The number of rotatable bonds is 4. The summed E-state index contributed by atoms with van der Waals surface area (Å²) in [7, 11) is -4.04. The molecule has 0 unspecified atom stereocenters. The number of hydrogen-bond donors (Lipinski definition) is 2. The number of H-pyrrole nitrogens is 1. The van der Waals surface area contributed by atoms with E-state index in [9.17, 15) is 27.7 Å². The molecule has 0 aliphatic rings. The average molecular weight is 313 g/mol. The molecule has 0 radical (unpaired) electrons. The smallest absolute Gasteiger partial charge is 0.304 e. The highest BCUT2D eigenvalue weighted by molar-refractivity contribution is 7.92. The molecule has 0 fully saturated rings. The summed E-state index contributed by atoms with van der Waals surface area (Å²) in [6.07, 6.45) is 0.979. The van der Waals surface area contributed by atoms with Gasteiger partial charge in [0, 0.05) is 24.4 Å². The predicted molar refractivity (Wildman–Crippen MR) is 70.9 cm³/mol. The number of aromatic amines is 1. The van der Waals surface area contributed by atoms with Crippen LogP contribution in [0.25, 0.3) is 0 Å². The van der Waals surface area contributed by atoms with Gasteiger partial charge in [0.1, 0.15) is 4.90 Å². The number of aromatic nitrogens is 1. The first-order valence-corrected chi connectivity index (χ1v) is 6.93. The first-order valence-electron chi connectivity index (χ1n) is 5.45. The van der Waals surface area contributed by atoms with Crippen molar-refractivity contribution < 1.29 is 17.7 Å². The van der Waals surface area contributed by atoms with Gasteiger partial charge in [-0.2, -0.15) is 4.39 Å². The molecule has 0 saturated heterocycles. The fraction of sp³-hybridized carbons (Fsp3) is 0. The molecule has 0 aliphatic carbocycles. The largest absolute Gasteiger partial charge is 0.328 e. The number of nitrogens with zero attached hydrogens (tertiary/aromatic N) is 1. The van der Waals surface area contributed by atoms with E-state index < -0.39 is 32.0 Å². The highest BCUT2D eigenvalue weighted by Crippen LogP contribution is 2.22. The molecule has 10 heteroatoms. The highest BCUT2D eigenvalue weighted by atomic mass is 32.2. The fourth-order valence-electron chi connectivity index (χ4n) is 1.50. The van der Waals surface area contributed by atoms with Crippen molar-refractivity contribution in [2.75, 3.05) is 4.72 Å². The Bertz CT molecular complexity index is 842. The number of hydrogen-bond acceptors (Lipinski definition) is 5. The Morgan fingerprint density at radius 3 is 2.48 bits per heavy atom. The van der Waals surface area contributed by atoms with Crippen LogP contribution in [0.5, 0.6) is 0 Å². The van der Waals surface area contributed by atoms with Crippen LogP contribution in [0.2, 0.25) is 0 Å². The molecule has 1 aromatic carbocycles. The first-order chi connectivity index (χ1) is 9.79. The number of anilines is 1. The monoisotopic (exact) mass is 313 g/mol. The second kappa shape index (κ2) is 5.32. The van der Waals surface area contributed by atoms with Crippen LogP contribution >= 0.6 is 0 Å². The van der Waals surface area contributed by atoms with Gasteiger partial charge in [-0.15, -0.1) is 0 Å². The molecular weight excluding hydrogens is 305 g/mol. The molecule has 0 amide bonds. The summed E-state index contributed by atoms with van der Waals surface area (Å²) in [6, 6.07) is 4.69. The number of benzene rings is 1. The lowest BCUT2D eigenvalue weighted by molar-refractivity contribution is -0.387. The van der Waals surface area contributed by atoms with E-state index in [1.807, 2.05) is 4.72 Å². The third-order valence-corrected chi connectivity index (χ3v) is 3.84. The summed E-state index contributed by atoms with van der Waals surface area (Å²) in [5.74, 6) is -1.17. The van der Waals surface area contributed by atoms with Crippen LogP contribution in [0.3, 0.4) is 0 Å². The third kappa shape index (κ3) is 3.23. The lowest BCUT2D eigenvalue weighted by Crippen LogP contribution is -2.15. The van der Waals surface area contributed by atoms with Gasteiger partial charge < -0.3 is 4.98 Å². The maximum Gasteiger partial charge on any atom is 0.304 e. The topological polar surface area (TPSA) is 122 Å². The van der Waals surface area contributed by atoms with E-state index in [1.54, 1.807) is 0 Å².